The first-order valence-corrected chi connectivity index (χ1v) is 11.3. The number of anilines is 1. The molecule has 0 unspecified atom stereocenters. The summed E-state index contributed by atoms with van der Waals surface area (Å²) in [6.07, 6.45) is 11.7. The molecule has 2 atom stereocenters. The molecular weight excluding hydrogens is 402 g/mol. The number of nitrogens with zero attached hydrogens (tertiary/aromatic N) is 4. The van der Waals surface area contributed by atoms with Crippen LogP contribution in [-0.4, -0.2) is 45.9 Å². The number of aromatic nitrogens is 2. The zero-order chi connectivity index (χ0) is 21.5. The van der Waals surface area contributed by atoms with Gasteiger partial charge in [-0.2, -0.15) is 5.10 Å². The van der Waals surface area contributed by atoms with Crippen LogP contribution >= 0.6 is 0 Å². The summed E-state index contributed by atoms with van der Waals surface area (Å²) >= 11 is 0. The van der Waals surface area contributed by atoms with Crippen molar-refractivity contribution in [1.29, 1.82) is 0 Å². The lowest BCUT2D eigenvalue weighted by Gasteiger charge is -2.33. The Morgan fingerprint density at radius 1 is 1.19 bits per heavy atom. The Morgan fingerprint density at radius 3 is 2.65 bits per heavy atom. The Hall–Kier alpha value is -2.51. The lowest BCUT2D eigenvalue weighted by atomic mass is 9.84. The molecule has 3 fully saturated rings. The maximum atomic E-state index is 13.9. The molecule has 1 aromatic rings. The molecule has 0 amide bonds. The predicted octanol–water partition coefficient (Wildman–Crippen LogP) is 4.02. The largest absolute Gasteiger partial charge is 0.366 e. The summed E-state index contributed by atoms with van der Waals surface area (Å²) in [5.41, 5.74) is 1.25. The molecule has 166 valence electrons. The topological polar surface area (TPSA) is 58.4 Å². The first-order chi connectivity index (χ1) is 15.0. The first kappa shape index (κ1) is 20.4. The minimum absolute atomic E-state index is 0.0956. The second kappa shape index (κ2) is 8.20. The molecule has 1 aromatic heterocycles. The van der Waals surface area contributed by atoms with E-state index in [0.717, 1.165) is 50.6 Å². The lowest BCUT2D eigenvalue weighted by Crippen LogP contribution is -2.36. The molecule has 2 aliphatic heterocycles. The van der Waals surface area contributed by atoms with Crippen LogP contribution in [0, 0.1) is 11.8 Å². The minimum Gasteiger partial charge on any atom is -0.366 e. The Morgan fingerprint density at radius 2 is 2.00 bits per heavy atom. The number of piperidine rings is 1. The third kappa shape index (κ3) is 3.81. The summed E-state index contributed by atoms with van der Waals surface area (Å²) in [6, 6.07) is 0.324. The maximum absolute atomic E-state index is 13.9. The van der Waals surface area contributed by atoms with Crippen molar-refractivity contribution in [3.63, 3.8) is 0 Å². The fraction of sp³-hybridized carbons (Fsp3) is 0.609. The van der Waals surface area contributed by atoms with E-state index in [-0.39, 0.29) is 23.7 Å². The van der Waals surface area contributed by atoms with Gasteiger partial charge in [0.2, 0.25) is 0 Å². The van der Waals surface area contributed by atoms with E-state index < -0.39 is 6.43 Å². The molecule has 0 N–H and O–H groups in total. The first-order valence-electron chi connectivity index (χ1n) is 11.3. The van der Waals surface area contributed by atoms with Gasteiger partial charge in [0.25, 0.3) is 6.43 Å². The van der Waals surface area contributed by atoms with Crippen LogP contribution in [0.1, 0.15) is 63.1 Å². The summed E-state index contributed by atoms with van der Waals surface area (Å²) in [5.74, 6) is 0.866. The van der Waals surface area contributed by atoms with Crippen LogP contribution in [0.25, 0.3) is 0 Å². The number of aldehydes is 1. The van der Waals surface area contributed by atoms with Crippen molar-refractivity contribution in [3.05, 3.63) is 35.9 Å². The van der Waals surface area contributed by atoms with Crippen LogP contribution < -0.4 is 4.90 Å². The number of fused-ring (bicyclic) bond motifs is 2. The summed E-state index contributed by atoms with van der Waals surface area (Å²) in [4.78, 5) is 26.8. The van der Waals surface area contributed by atoms with Crippen molar-refractivity contribution in [1.82, 2.24) is 14.7 Å². The number of likely N-dealkylation sites (tertiary alicyclic amines) is 1. The Labute approximate surface area is 180 Å². The Kier molecular flexibility index (Phi) is 5.40. The standard InChI is InChI=1S/C23H28F2N4O2/c24-23(25)22-20(14-29(26-22)17-5-3-15(4-6-17)7-9-30)27-8-1-2-18(13-27)28-12-16-10-19(28)11-21(16)31/h1-2,9,13-17,19,23H,3-8,10-12H2/t15?,16-,17?,19-/m1/s1. The van der Waals surface area contributed by atoms with Gasteiger partial charge in [-0.25, -0.2) is 8.78 Å². The highest BCUT2D eigenvalue weighted by molar-refractivity contribution is 5.85. The molecule has 6 nitrogen and oxygen atoms in total. The Bertz CT molecular complexity index is 917. The number of allylic oxidation sites excluding steroid dienone is 1. The molecule has 0 radical (unpaired) electrons. The molecule has 3 heterocycles. The molecular formula is C23H28F2N4O2. The quantitative estimate of drug-likeness (QED) is 0.638. The number of halogens is 2. The summed E-state index contributed by atoms with van der Waals surface area (Å²) in [7, 11) is 0. The van der Waals surface area contributed by atoms with Crippen molar-refractivity contribution in [2.45, 2.75) is 63.5 Å². The SMILES string of the molecule is O=CCC1CCC(n2cc(N3C=C(N4C[C@H]5C[C@@H]4CC5=O)C=CC3)c(C(F)F)n2)CC1. The van der Waals surface area contributed by atoms with Gasteiger partial charge < -0.3 is 14.6 Å². The van der Waals surface area contributed by atoms with Crippen LogP contribution in [0.4, 0.5) is 14.5 Å². The average molecular weight is 430 g/mol. The van der Waals surface area contributed by atoms with E-state index in [1.54, 1.807) is 10.9 Å². The van der Waals surface area contributed by atoms with Crippen LogP contribution in [-0.2, 0) is 9.59 Å². The van der Waals surface area contributed by atoms with E-state index in [4.69, 9.17) is 0 Å². The zero-order valence-electron chi connectivity index (χ0n) is 17.5. The normalized spacial score (nSPS) is 30.4. The second-order valence-electron chi connectivity index (χ2n) is 9.28. The van der Waals surface area contributed by atoms with E-state index in [2.05, 4.69) is 10.00 Å². The van der Waals surface area contributed by atoms with Crippen LogP contribution in [0.5, 0.6) is 0 Å². The van der Waals surface area contributed by atoms with Crippen LogP contribution in [0.15, 0.2) is 30.2 Å². The molecule has 2 saturated carbocycles. The van der Waals surface area contributed by atoms with Crippen molar-refractivity contribution < 1.29 is 18.4 Å². The van der Waals surface area contributed by atoms with E-state index in [0.29, 0.717) is 36.8 Å². The highest BCUT2D eigenvalue weighted by Gasteiger charge is 2.44. The van der Waals surface area contributed by atoms with Gasteiger partial charge in [0.1, 0.15) is 12.1 Å². The summed E-state index contributed by atoms with van der Waals surface area (Å²) in [5, 5.41) is 4.29. The smallest absolute Gasteiger partial charge is 0.284 e. The molecule has 31 heavy (non-hydrogen) atoms. The van der Waals surface area contributed by atoms with Gasteiger partial charge in [0, 0.05) is 50.3 Å². The van der Waals surface area contributed by atoms with Crippen molar-refractivity contribution in [3.8, 4) is 0 Å². The minimum atomic E-state index is -2.65. The van der Waals surface area contributed by atoms with Gasteiger partial charge in [0.05, 0.1) is 17.4 Å². The number of hydrogen-bond donors (Lipinski definition) is 0. The van der Waals surface area contributed by atoms with E-state index >= 15 is 0 Å². The van der Waals surface area contributed by atoms with Crippen molar-refractivity contribution >= 4 is 17.8 Å². The zero-order valence-corrected chi connectivity index (χ0v) is 17.5. The van der Waals surface area contributed by atoms with Crippen LogP contribution in [0.2, 0.25) is 0 Å². The van der Waals surface area contributed by atoms with Gasteiger partial charge >= 0.3 is 0 Å². The molecule has 0 spiro atoms. The van der Waals surface area contributed by atoms with Gasteiger partial charge in [-0.1, -0.05) is 6.08 Å². The van der Waals surface area contributed by atoms with Crippen LogP contribution in [0.3, 0.4) is 0 Å². The van der Waals surface area contributed by atoms with E-state index in [9.17, 15) is 18.4 Å². The second-order valence-corrected chi connectivity index (χ2v) is 9.28. The van der Waals surface area contributed by atoms with Gasteiger partial charge in [-0.3, -0.25) is 9.48 Å². The molecule has 5 rings (SSSR count). The fourth-order valence-electron chi connectivity index (χ4n) is 5.68. The lowest BCUT2D eigenvalue weighted by molar-refractivity contribution is -0.122. The third-order valence-electron chi connectivity index (χ3n) is 7.39. The number of carbonyl (C=O) groups excluding carboxylic acids is 2. The van der Waals surface area contributed by atoms with Gasteiger partial charge in [0.15, 0.2) is 5.69 Å². The number of Topliss-reactive ketones (excluding diaryl/α,β-unsaturated/α-hetero) is 1. The average Bonchev–Trinajstić information content (AvgIpc) is 3.48. The van der Waals surface area contributed by atoms with E-state index in [1.165, 1.54) is 0 Å². The molecule has 8 heteroatoms. The number of carbonyl (C=O) groups is 2. The summed E-state index contributed by atoms with van der Waals surface area (Å²) < 4.78 is 29.4. The predicted molar refractivity (Wildman–Crippen MR) is 112 cm³/mol. The maximum Gasteiger partial charge on any atom is 0.284 e. The highest BCUT2D eigenvalue weighted by atomic mass is 19.3. The Balaban J connectivity index is 1.36. The molecule has 2 bridgehead atoms. The van der Waals surface area contributed by atoms with Gasteiger partial charge in [-0.15, -0.1) is 0 Å². The molecule has 4 aliphatic rings. The van der Waals surface area contributed by atoms with E-state index in [1.807, 2.05) is 23.3 Å². The van der Waals surface area contributed by atoms with Crippen molar-refractivity contribution in [2.24, 2.45) is 11.8 Å². The number of ketones is 1. The number of rotatable bonds is 6. The number of hydrogen-bond acceptors (Lipinski definition) is 5. The van der Waals surface area contributed by atoms with Crippen molar-refractivity contribution in [2.75, 3.05) is 18.0 Å². The fourth-order valence-corrected chi connectivity index (χ4v) is 5.68. The highest BCUT2D eigenvalue weighted by Crippen LogP contribution is 2.40. The molecule has 0 aromatic carbocycles. The van der Waals surface area contributed by atoms with Gasteiger partial charge in [-0.05, 0) is 44.1 Å². The molecule has 2 aliphatic carbocycles. The summed E-state index contributed by atoms with van der Waals surface area (Å²) in [6.45, 7) is 1.24. The third-order valence-corrected chi connectivity index (χ3v) is 7.39. The number of alkyl halides is 2. The molecule has 1 saturated heterocycles. The monoisotopic (exact) mass is 430 g/mol.